The van der Waals surface area contributed by atoms with E-state index in [1.807, 2.05) is 100 Å². The highest BCUT2D eigenvalue weighted by Crippen LogP contribution is 2.33. The largest absolute Gasteiger partial charge is 1.00 e. The van der Waals surface area contributed by atoms with Crippen LogP contribution in [0.2, 0.25) is 0 Å². The molecule has 0 radical (unpaired) electrons. The van der Waals surface area contributed by atoms with E-state index >= 15 is 0 Å². The summed E-state index contributed by atoms with van der Waals surface area (Å²) < 4.78 is 22.9. The van der Waals surface area contributed by atoms with Crippen molar-refractivity contribution < 1.29 is 72.5 Å². The van der Waals surface area contributed by atoms with E-state index in [0.717, 1.165) is 33.0 Å². The van der Waals surface area contributed by atoms with Crippen LogP contribution in [0.5, 0.6) is 23.0 Å². The normalized spacial score (nSPS) is 12.7. The van der Waals surface area contributed by atoms with Crippen molar-refractivity contribution in [3.8, 4) is 23.0 Å². The minimum atomic E-state index is -0.954. The monoisotopic (exact) mass is 746 g/mol. The third-order valence-corrected chi connectivity index (χ3v) is 9.89. The van der Waals surface area contributed by atoms with Crippen LogP contribution in [0.1, 0.15) is 34.1 Å². The molecule has 2 unspecified atom stereocenters. The van der Waals surface area contributed by atoms with Crippen molar-refractivity contribution in [3.05, 3.63) is 72.8 Å². The molecule has 0 heterocycles. The molecule has 4 aromatic carbocycles. The molecular weight excluding hydrogens is 695 g/mol. The molecule has 0 saturated heterocycles. The summed E-state index contributed by atoms with van der Waals surface area (Å²) in [5.41, 5.74) is 0. The third-order valence-electron chi connectivity index (χ3n) is 9.89. The molecule has 0 spiro atoms. The fraction of sp³-hybridized carbons (Fsp3) is 0.436. The van der Waals surface area contributed by atoms with Gasteiger partial charge in [-0.15, -0.1) is 0 Å². The Morgan fingerprint density at radius 2 is 0.843 bits per heavy atom. The number of amides is 2. The molecule has 0 aliphatic heterocycles. The van der Waals surface area contributed by atoms with E-state index in [1.165, 1.54) is 0 Å². The summed E-state index contributed by atoms with van der Waals surface area (Å²) in [6.07, 6.45) is -2.22. The van der Waals surface area contributed by atoms with Gasteiger partial charge < -0.3 is 54.0 Å². The van der Waals surface area contributed by atoms with Gasteiger partial charge in [0.15, 0.2) is 6.42 Å². The van der Waals surface area contributed by atoms with Gasteiger partial charge in [-0.3, -0.25) is 8.97 Å². The number of carbonyl (C=O) groups is 2. The Balaban J connectivity index is 0.00000451. The molecule has 0 fully saturated rings. The van der Waals surface area contributed by atoms with Gasteiger partial charge in [-0.25, -0.2) is 9.59 Å². The minimum Gasteiger partial charge on any atom is -1.00 e. The van der Waals surface area contributed by atoms with Crippen LogP contribution in [0.3, 0.4) is 0 Å². The smallest absolute Gasteiger partial charge is 0.327 e. The van der Waals surface area contributed by atoms with Crippen LogP contribution in [-0.2, 0) is 9.59 Å². The van der Waals surface area contributed by atoms with Gasteiger partial charge in [0.05, 0.1) is 40.4 Å². The Kier molecular flexibility index (Phi) is 16.9. The lowest BCUT2D eigenvalue weighted by atomic mass is 10.1. The summed E-state index contributed by atoms with van der Waals surface area (Å²) in [4.78, 5) is 27.8. The molecule has 4 aromatic rings. The zero-order chi connectivity index (χ0) is 35.6. The third kappa shape index (κ3) is 9.83. The summed E-state index contributed by atoms with van der Waals surface area (Å²) in [6, 6.07) is 22.7. The van der Waals surface area contributed by atoms with Gasteiger partial charge in [-0.1, -0.05) is 48.5 Å². The second kappa shape index (κ2) is 19.8. The second-order valence-corrected chi connectivity index (χ2v) is 12.4. The van der Waals surface area contributed by atoms with Gasteiger partial charge in [-0.2, -0.15) is 0 Å². The number of hydrogen-bond donors (Lipinski definition) is 2. The topological polar surface area (TPSA) is 112 Å². The maximum atomic E-state index is 13.9. The van der Waals surface area contributed by atoms with Crippen molar-refractivity contribution in [2.24, 2.45) is 0 Å². The summed E-state index contributed by atoms with van der Waals surface area (Å²) in [6.45, 7) is 9.40. The second-order valence-electron chi connectivity index (χ2n) is 12.4. The average molecular weight is 748 g/mol. The number of aliphatic hydroxyl groups is 2. The van der Waals surface area contributed by atoms with E-state index in [9.17, 15) is 19.8 Å². The van der Waals surface area contributed by atoms with Crippen molar-refractivity contribution in [1.29, 1.82) is 0 Å². The summed E-state index contributed by atoms with van der Waals surface area (Å²) in [5, 5.41) is 25.8. The Hall–Kier alpha value is -3.64. The van der Waals surface area contributed by atoms with E-state index in [2.05, 4.69) is 0 Å². The van der Waals surface area contributed by atoms with Crippen LogP contribution < -0.4 is 43.8 Å². The first-order valence-corrected chi connectivity index (χ1v) is 17.1. The molecule has 0 aliphatic carbocycles. The van der Waals surface area contributed by atoms with Crippen molar-refractivity contribution >= 4 is 33.4 Å². The number of rotatable bonds is 18. The predicted molar refractivity (Wildman–Crippen MR) is 191 cm³/mol. The molecule has 0 bridgehead atoms. The van der Waals surface area contributed by atoms with Crippen LogP contribution in [0.15, 0.2) is 72.8 Å². The molecule has 280 valence electrons. The number of benzene rings is 4. The van der Waals surface area contributed by atoms with Gasteiger partial charge >= 0.3 is 11.8 Å². The number of likely N-dealkylation sites (N-methyl/N-ethyl adjacent to an activating group) is 2. The highest BCUT2D eigenvalue weighted by atomic mass is 35.5. The average Bonchev–Trinajstić information content (AvgIpc) is 3.13. The molecule has 51 heavy (non-hydrogen) atoms. The zero-order valence-electron chi connectivity index (χ0n) is 30.4. The highest BCUT2D eigenvalue weighted by Gasteiger charge is 2.43. The lowest BCUT2D eigenvalue weighted by Crippen LogP contribution is -3.00. The van der Waals surface area contributed by atoms with Gasteiger partial charge in [0.25, 0.3) is 0 Å². The summed E-state index contributed by atoms with van der Waals surface area (Å²) in [5.74, 6) is 2.15. The Morgan fingerprint density at radius 3 is 1.14 bits per heavy atom. The number of methoxy groups -OCH3 is 2. The van der Waals surface area contributed by atoms with E-state index in [1.54, 1.807) is 14.2 Å². The van der Waals surface area contributed by atoms with Gasteiger partial charge in [0.1, 0.15) is 61.5 Å². The number of hydrogen-bond acceptors (Lipinski definition) is 8. The number of ether oxygens (including phenoxy) is 4. The van der Waals surface area contributed by atoms with E-state index < -0.39 is 12.2 Å². The van der Waals surface area contributed by atoms with Gasteiger partial charge in [0.2, 0.25) is 0 Å². The van der Waals surface area contributed by atoms with Crippen LogP contribution in [-0.4, -0.2) is 110 Å². The lowest BCUT2D eigenvalue weighted by Gasteiger charge is -2.38. The van der Waals surface area contributed by atoms with Crippen LogP contribution in [0.25, 0.3) is 21.5 Å². The molecule has 4 rings (SSSR count). The molecule has 0 aromatic heterocycles. The van der Waals surface area contributed by atoms with E-state index in [-0.39, 0.29) is 78.3 Å². The number of halogens is 2. The maximum Gasteiger partial charge on any atom is 0.327 e. The highest BCUT2D eigenvalue weighted by molar-refractivity contribution is 5.94. The fourth-order valence-corrected chi connectivity index (χ4v) is 6.73. The Morgan fingerprint density at radius 1 is 0.549 bits per heavy atom. The van der Waals surface area contributed by atoms with Crippen LogP contribution in [0, 0.1) is 0 Å². The summed E-state index contributed by atoms with van der Waals surface area (Å²) in [7, 11) is 3.24. The molecular formula is C39H52Cl2N2O8. The Bertz CT molecular complexity index is 1600. The molecule has 2 amide bonds. The first-order chi connectivity index (χ1) is 23.6. The zero-order valence-corrected chi connectivity index (χ0v) is 32.0. The molecule has 10 nitrogen and oxygen atoms in total. The standard InChI is InChI=1S/C39H52N2O8.2ClH/c1-7-40(8-2,24-28(42)26-48-36-21-13-15-30-32(36)17-11-19-34(30)46-5)38(44)23-39(45)41(9-3,10-4)25-29(43)27-49-37-22-14-16-31-33(37)18-12-20-35(31)47-6;;/h11-22,28-29,42-43H,7-10,23-27H2,1-6H3;2*1H/q+2;;/p-2. The molecule has 0 aliphatic rings. The minimum absolute atomic E-state index is 0. The van der Waals surface area contributed by atoms with E-state index in [0.29, 0.717) is 37.7 Å². The van der Waals surface area contributed by atoms with Gasteiger partial charge in [-0.05, 0) is 52.0 Å². The van der Waals surface area contributed by atoms with Gasteiger partial charge in [0, 0.05) is 21.5 Å². The molecule has 12 heteroatoms. The molecule has 2 atom stereocenters. The van der Waals surface area contributed by atoms with Crippen molar-refractivity contribution in [1.82, 2.24) is 0 Å². The fourth-order valence-electron chi connectivity index (χ4n) is 6.73. The predicted octanol–water partition coefficient (Wildman–Crippen LogP) is -0.646. The first-order valence-electron chi connectivity index (χ1n) is 17.1. The SMILES string of the molecule is CC[N+](CC)(CC(O)COc1cccc2c(OC)cccc12)C(=O)CC(=O)[N+](CC)(CC)CC(O)COc1cccc2c(OC)cccc12.[Cl-].[Cl-]. The number of nitrogens with zero attached hydrogens (tertiary/aromatic N) is 2. The Labute approximate surface area is 313 Å². The number of carbonyl (C=O) groups excluding carboxylic acids is 2. The maximum absolute atomic E-state index is 13.9. The quantitative estimate of drug-likeness (QED) is 0.102. The first kappa shape index (κ1) is 43.5. The number of fused-ring (bicyclic) bond motifs is 2. The van der Waals surface area contributed by atoms with Crippen LogP contribution in [0.4, 0.5) is 0 Å². The number of aliphatic hydroxyl groups excluding tert-OH is 2. The van der Waals surface area contributed by atoms with Crippen molar-refractivity contribution in [2.45, 2.75) is 46.3 Å². The lowest BCUT2D eigenvalue weighted by molar-refractivity contribution is -0.862. The van der Waals surface area contributed by atoms with Crippen LogP contribution >= 0.6 is 0 Å². The van der Waals surface area contributed by atoms with Crippen molar-refractivity contribution in [2.75, 3.05) is 66.7 Å². The summed E-state index contributed by atoms with van der Waals surface area (Å²) >= 11 is 0. The van der Waals surface area contributed by atoms with Crippen molar-refractivity contribution in [3.63, 3.8) is 0 Å². The molecule has 2 N–H and O–H groups in total. The van der Waals surface area contributed by atoms with E-state index in [4.69, 9.17) is 18.9 Å². The molecule has 0 saturated carbocycles. The number of quaternary nitrogens is 2.